The van der Waals surface area contributed by atoms with E-state index < -0.39 is 0 Å². The molecule has 1 aliphatic heterocycles. The zero-order valence-corrected chi connectivity index (χ0v) is 13.5. The van der Waals surface area contributed by atoms with Crippen molar-refractivity contribution in [3.05, 3.63) is 96.6 Å². The number of hydrogen-bond acceptors (Lipinski definition) is 1. The second kappa shape index (κ2) is 5.32. The number of hydrogen-bond donors (Lipinski definition) is 0. The van der Waals surface area contributed by atoms with Crippen molar-refractivity contribution in [2.24, 2.45) is 0 Å². The normalized spacial score (nSPS) is 12.8. The molecule has 4 aromatic rings. The highest BCUT2D eigenvalue weighted by Gasteiger charge is 2.31. The molecule has 1 aliphatic rings. The molecule has 0 N–H and O–H groups in total. The van der Waals surface area contributed by atoms with Crippen LogP contribution >= 0.6 is 0 Å². The highest BCUT2D eigenvalue weighted by molar-refractivity contribution is 6.29. The van der Waals surface area contributed by atoms with Crippen molar-refractivity contribution < 1.29 is 4.79 Å². The van der Waals surface area contributed by atoms with Gasteiger partial charge in [-0.25, -0.2) is 0 Å². The Morgan fingerprint density at radius 2 is 1.32 bits per heavy atom. The van der Waals surface area contributed by atoms with E-state index in [-0.39, 0.29) is 5.91 Å². The highest BCUT2D eigenvalue weighted by atomic mass is 16.2. The predicted octanol–water partition coefficient (Wildman–Crippen LogP) is 5.80. The number of rotatable bonds is 2. The maximum atomic E-state index is 13.1. The Bertz CT molecular complexity index is 1100. The van der Waals surface area contributed by atoms with Gasteiger partial charge in [0.05, 0.1) is 11.3 Å². The predicted molar refractivity (Wildman–Crippen MR) is 102 cm³/mol. The average molecular weight is 321 g/mol. The zero-order valence-electron chi connectivity index (χ0n) is 13.5. The van der Waals surface area contributed by atoms with Gasteiger partial charge in [0.2, 0.25) is 0 Å². The summed E-state index contributed by atoms with van der Waals surface area (Å²) >= 11 is 0. The van der Waals surface area contributed by atoms with Crippen molar-refractivity contribution in [3.63, 3.8) is 0 Å². The first-order chi connectivity index (χ1) is 12.3. The van der Waals surface area contributed by atoms with Crippen LogP contribution in [0.1, 0.15) is 10.4 Å². The standard InChI is InChI=1S/C23H15NO/c25-23-20-13-7-12-19-18(16-8-3-1-4-9-16)14-15-21(22(19)20)24(23)17-10-5-2-6-11-17/h1-15H. The van der Waals surface area contributed by atoms with Gasteiger partial charge in [0, 0.05) is 11.1 Å². The minimum Gasteiger partial charge on any atom is -0.276 e. The number of benzene rings is 4. The van der Waals surface area contributed by atoms with E-state index in [1.54, 1.807) is 0 Å². The summed E-state index contributed by atoms with van der Waals surface area (Å²) in [7, 11) is 0. The Hall–Kier alpha value is -3.39. The monoisotopic (exact) mass is 321 g/mol. The lowest BCUT2D eigenvalue weighted by atomic mass is 9.96. The van der Waals surface area contributed by atoms with Crippen LogP contribution in [-0.4, -0.2) is 5.91 Å². The Balaban J connectivity index is 1.80. The molecule has 2 nitrogen and oxygen atoms in total. The lowest BCUT2D eigenvalue weighted by Gasteiger charge is -2.18. The van der Waals surface area contributed by atoms with Crippen molar-refractivity contribution in [2.45, 2.75) is 0 Å². The number of carbonyl (C=O) groups excluding carboxylic acids is 1. The summed E-state index contributed by atoms with van der Waals surface area (Å²) in [6, 6.07) is 30.3. The van der Waals surface area contributed by atoms with Gasteiger partial charge in [-0.3, -0.25) is 9.69 Å². The fourth-order valence-corrected chi connectivity index (χ4v) is 3.69. The minimum absolute atomic E-state index is 0.0389. The van der Waals surface area contributed by atoms with Crippen LogP contribution in [0.25, 0.3) is 21.9 Å². The summed E-state index contributed by atoms with van der Waals surface area (Å²) in [6.45, 7) is 0. The van der Waals surface area contributed by atoms with E-state index in [9.17, 15) is 4.79 Å². The quantitative estimate of drug-likeness (QED) is 0.457. The molecule has 5 rings (SSSR count). The molecule has 118 valence electrons. The smallest absolute Gasteiger partial charge is 0.263 e. The number of carbonyl (C=O) groups is 1. The third-order valence-corrected chi connectivity index (χ3v) is 4.79. The summed E-state index contributed by atoms with van der Waals surface area (Å²) in [4.78, 5) is 14.9. The molecule has 2 heteroatoms. The molecule has 0 saturated heterocycles. The Labute approximate surface area is 146 Å². The third-order valence-electron chi connectivity index (χ3n) is 4.79. The van der Waals surface area contributed by atoms with Crippen LogP contribution in [-0.2, 0) is 0 Å². The summed E-state index contributed by atoms with van der Waals surface area (Å²) in [5, 5.41) is 2.16. The lowest BCUT2D eigenvalue weighted by Crippen LogP contribution is -2.20. The van der Waals surface area contributed by atoms with Gasteiger partial charge in [-0.05, 0) is 40.8 Å². The van der Waals surface area contributed by atoms with Crippen molar-refractivity contribution in [2.75, 3.05) is 4.90 Å². The van der Waals surface area contributed by atoms with Crippen LogP contribution in [0, 0.1) is 0 Å². The van der Waals surface area contributed by atoms with E-state index in [1.807, 2.05) is 65.6 Å². The van der Waals surface area contributed by atoms with Crippen LogP contribution in [0.2, 0.25) is 0 Å². The fourth-order valence-electron chi connectivity index (χ4n) is 3.69. The van der Waals surface area contributed by atoms with Crippen LogP contribution in [0.4, 0.5) is 11.4 Å². The Morgan fingerprint density at radius 3 is 2.08 bits per heavy atom. The summed E-state index contributed by atoms with van der Waals surface area (Å²) in [5.74, 6) is 0.0389. The van der Waals surface area contributed by atoms with Crippen LogP contribution < -0.4 is 4.90 Å². The maximum Gasteiger partial charge on any atom is 0.263 e. The summed E-state index contributed by atoms with van der Waals surface area (Å²) in [5.41, 5.74) is 4.95. The van der Waals surface area contributed by atoms with Crippen molar-refractivity contribution in [1.82, 2.24) is 0 Å². The maximum absolute atomic E-state index is 13.1. The van der Waals surface area contributed by atoms with Crippen molar-refractivity contribution in [3.8, 4) is 11.1 Å². The van der Waals surface area contributed by atoms with Gasteiger partial charge in [0.1, 0.15) is 0 Å². The van der Waals surface area contributed by atoms with E-state index >= 15 is 0 Å². The molecule has 25 heavy (non-hydrogen) atoms. The van der Waals surface area contributed by atoms with Gasteiger partial charge in [-0.2, -0.15) is 0 Å². The van der Waals surface area contributed by atoms with E-state index in [0.717, 1.165) is 38.8 Å². The van der Waals surface area contributed by atoms with Crippen molar-refractivity contribution in [1.29, 1.82) is 0 Å². The fraction of sp³-hybridized carbons (Fsp3) is 0. The first-order valence-corrected chi connectivity index (χ1v) is 8.35. The molecule has 0 fully saturated rings. The molecule has 0 atom stereocenters. The van der Waals surface area contributed by atoms with Crippen LogP contribution in [0.15, 0.2) is 91.0 Å². The largest absolute Gasteiger partial charge is 0.276 e. The van der Waals surface area contributed by atoms with Gasteiger partial charge >= 0.3 is 0 Å². The van der Waals surface area contributed by atoms with Crippen LogP contribution in [0.3, 0.4) is 0 Å². The summed E-state index contributed by atoms with van der Waals surface area (Å²) < 4.78 is 0. The van der Waals surface area contributed by atoms with Gasteiger partial charge in [-0.1, -0.05) is 66.7 Å². The molecule has 4 aromatic carbocycles. The Kier molecular flexibility index (Phi) is 2.98. The first-order valence-electron chi connectivity index (χ1n) is 8.35. The molecule has 0 bridgehead atoms. The van der Waals surface area contributed by atoms with Crippen molar-refractivity contribution >= 4 is 28.1 Å². The molecule has 0 saturated carbocycles. The van der Waals surface area contributed by atoms with Gasteiger partial charge < -0.3 is 0 Å². The van der Waals surface area contributed by atoms with Crippen LogP contribution in [0.5, 0.6) is 0 Å². The molecule has 0 radical (unpaired) electrons. The van der Waals surface area contributed by atoms with E-state index in [4.69, 9.17) is 0 Å². The molecule has 0 unspecified atom stereocenters. The molecule has 1 amide bonds. The molecular formula is C23H15NO. The SMILES string of the molecule is O=C1c2cccc3c(-c4ccccc4)ccc(c23)N1c1ccccc1. The molecule has 0 spiro atoms. The lowest BCUT2D eigenvalue weighted by molar-refractivity contribution is 0.100. The van der Waals surface area contributed by atoms with Gasteiger partial charge in [0.15, 0.2) is 0 Å². The highest BCUT2D eigenvalue weighted by Crippen LogP contribution is 2.44. The zero-order chi connectivity index (χ0) is 16.8. The van der Waals surface area contributed by atoms with E-state index in [0.29, 0.717) is 0 Å². The second-order valence-electron chi connectivity index (χ2n) is 6.20. The molecule has 1 heterocycles. The van der Waals surface area contributed by atoms with E-state index in [1.165, 1.54) is 0 Å². The topological polar surface area (TPSA) is 20.3 Å². The van der Waals surface area contributed by atoms with Gasteiger partial charge in [-0.15, -0.1) is 0 Å². The van der Waals surface area contributed by atoms with E-state index in [2.05, 4.69) is 30.3 Å². The van der Waals surface area contributed by atoms with Gasteiger partial charge in [0.25, 0.3) is 5.91 Å². The minimum atomic E-state index is 0.0389. The Morgan fingerprint density at radius 1 is 0.600 bits per heavy atom. The number of para-hydroxylation sites is 1. The number of nitrogens with zero attached hydrogens (tertiary/aromatic N) is 1. The second-order valence-corrected chi connectivity index (χ2v) is 6.20. The number of anilines is 2. The molecule has 0 aromatic heterocycles. The number of amides is 1. The molecular weight excluding hydrogens is 306 g/mol. The average Bonchev–Trinajstić information content (AvgIpc) is 2.97. The first kappa shape index (κ1) is 14.0. The molecule has 0 aliphatic carbocycles. The summed E-state index contributed by atoms with van der Waals surface area (Å²) in [6.07, 6.45) is 0. The third kappa shape index (κ3) is 2.01.